The second-order valence-electron chi connectivity index (χ2n) is 18.7. The molecule has 10 rings (SSSR count). The van der Waals surface area contributed by atoms with Gasteiger partial charge in [0.1, 0.15) is 0 Å². The first-order valence-corrected chi connectivity index (χ1v) is 29.8. The minimum absolute atomic E-state index is 0.152. The van der Waals surface area contributed by atoms with Gasteiger partial charge in [-0.2, -0.15) is 0 Å². The fraction of sp³-hybridized carbons (Fsp3) is 0.300. The average Bonchev–Trinajstić information content (AvgIpc) is 3.54. The Kier molecular flexibility index (Phi) is 26.1. The number of fused-ring (bicyclic) bond motifs is 2. The molecule has 8 aromatic rings. The van der Waals surface area contributed by atoms with Crippen molar-refractivity contribution in [1.82, 2.24) is 40.0 Å². The van der Waals surface area contributed by atoms with Gasteiger partial charge in [-0.1, -0.05) is 88.7 Å². The van der Waals surface area contributed by atoms with E-state index in [0.717, 1.165) is 82.5 Å². The van der Waals surface area contributed by atoms with Gasteiger partial charge in [0.15, 0.2) is 11.6 Å². The molecule has 0 atom stereocenters. The molecule has 0 bridgehead atoms. The van der Waals surface area contributed by atoms with E-state index in [1.165, 1.54) is 51.5 Å². The molecule has 79 heavy (non-hydrogen) atoms. The number of likely N-dealkylation sites (tertiary alicyclic amines) is 2. The number of esters is 2. The molecule has 2 aliphatic heterocycles. The number of H-pyrrole nitrogens is 1. The number of nitrogens with zero attached hydrogens (tertiary/aromatic N) is 5. The van der Waals surface area contributed by atoms with Crippen LogP contribution in [0.1, 0.15) is 57.5 Å². The molecule has 4 heterocycles. The van der Waals surface area contributed by atoms with E-state index in [2.05, 4.69) is 164 Å². The van der Waals surface area contributed by atoms with Crippen LogP contribution >= 0.6 is 36.3 Å². The minimum atomic E-state index is -0.409. The van der Waals surface area contributed by atoms with Gasteiger partial charge < -0.3 is 35.7 Å². The van der Waals surface area contributed by atoms with Crippen LogP contribution in [0.2, 0.25) is 0 Å². The number of aromatic nitrogens is 4. The van der Waals surface area contributed by atoms with Crippen molar-refractivity contribution in [3.8, 4) is 5.69 Å². The quantitative estimate of drug-likeness (QED) is 0.0300. The zero-order valence-corrected chi connectivity index (χ0v) is 49.6. The van der Waals surface area contributed by atoms with Crippen LogP contribution in [0.4, 0.5) is 11.6 Å². The van der Waals surface area contributed by atoms with Crippen LogP contribution < -0.4 is 32.4 Å². The molecule has 2 aromatic heterocycles. The Hall–Kier alpha value is -6.29. The van der Waals surface area contributed by atoms with Crippen molar-refractivity contribution < 1.29 is 31.8 Å². The number of carbonyl (C=O) groups excluding carboxylic acids is 2. The van der Waals surface area contributed by atoms with E-state index in [0.29, 0.717) is 34.5 Å². The van der Waals surface area contributed by atoms with Crippen molar-refractivity contribution in [2.45, 2.75) is 50.9 Å². The summed E-state index contributed by atoms with van der Waals surface area (Å²) in [5, 5.41) is 17.8. The number of nitrogens with one attached hydrogen (secondary N) is 5. The Balaban J connectivity index is 0.000000198. The molecular weight excluding hydrogens is 1230 g/mol. The number of halogens is 2. The summed E-state index contributed by atoms with van der Waals surface area (Å²) in [6, 6.07) is 44.5. The van der Waals surface area contributed by atoms with E-state index in [1.807, 2.05) is 14.1 Å². The van der Waals surface area contributed by atoms with Crippen molar-refractivity contribution in [2.24, 2.45) is 0 Å². The number of ether oxygens (including phenoxy) is 2. The summed E-state index contributed by atoms with van der Waals surface area (Å²) in [6.45, 7) is 7.97. The third-order valence-electron chi connectivity index (χ3n) is 13.3. The van der Waals surface area contributed by atoms with Crippen LogP contribution in [-0.4, -0.2) is 121 Å². The van der Waals surface area contributed by atoms with Crippen LogP contribution in [0.5, 0.6) is 0 Å². The summed E-state index contributed by atoms with van der Waals surface area (Å²) < 4.78 is 11.7. The van der Waals surface area contributed by atoms with Gasteiger partial charge in [-0.05, 0) is 133 Å². The summed E-state index contributed by atoms with van der Waals surface area (Å²) >= 11 is 9.13. The molecule has 0 radical (unpaired) electrons. The molecule has 19 heteroatoms. The fourth-order valence-corrected chi connectivity index (χ4v) is 9.31. The molecule has 420 valence electrons. The predicted octanol–water partition coefficient (Wildman–Crippen LogP) is 9.79. The number of rotatable bonds is 14. The van der Waals surface area contributed by atoms with Crippen LogP contribution in [0.25, 0.3) is 27.2 Å². The first kappa shape index (κ1) is 61.9. The van der Waals surface area contributed by atoms with E-state index in [4.69, 9.17) is 4.74 Å². The summed E-state index contributed by atoms with van der Waals surface area (Å²) in [6.07, 6.45) is 10.3. The predicted molar refractivity (Wildman–Crippen MR) is 325 cm³/mol. The number of hydrogen-bond acceptors (Lipinski definition) is 14. The maximum absolute atomic E-state index is 13.1. The summed E-state index contributed by atoms with van der Waals surface area (Å²) in [5.41, 5.74) is 3.98. The van der Waals surface area contributed by atoms with Crippen molar-refractivity contribution >= 4 is 81.4 Å². The van der Waals surface area contributed by atoms with E-state index >= 15 is 0 Å². The van der Waals surface area contributed by atoms with E-state index in [-0.39, 0.29) is 23.1 Å². The van der Waals surface area contributed by atoms with Gasteiger partial charge in [0.05, 0.1) is 25.3 Å². The molecule has 2 saturated heterocycles. The van der Waals surface area contributed by atoms with E-state index in [1.54, 1.807) is 93.7 Å². The zero-order chi connectivity index (χ0) is 56.4. The van der Waals surface area contributed by atoms with Crippen LogP contribution in [0.15, 0.2) is 172 Å². The van der Waals surface area contributed by atoms with E-state index < -0.39 is 5.97 Å². The molecule has 16 nitrogen and oxygen atoms in total. The Morgan fingerprint density at radius 2 is 1.06 bits per heavy atom. The topological polar surface area (TPSA) is 188 Å². The number of methoxy groups -OCH3 is 2. The molecule has 2 aliphatic rings. The molecule has 0 amide bonds. The SMILES string of the molecule is CNCCNC.COC(=O)c1ccc(-n2ccnc(NC3CCN(Cc4ccc5ccccc5c4)CC3)c2=O)cc1.COC(=O)c1ccc(Br)cc1.O=c1[nH]ccnc1NC1CCN(Cc2ccc3ccccc3c2)CC1.[Cu][I]. The number of piperidine rings is 2. The molecule has 2 fully saturated rings. The standard InChI is InChI=1S/C28H28N4O3.C20H22N4O.C8H7BrO2.C4H12N2.Cu.HI/c1-35-28(34)22-8-10-25(11-9-22)32-17-14-29-26(27(32)33)30-24-12-15-31(16-13-24)19-20-6-7-21-4-2-3-5-23(21)18-20;25-20-19(21-9-10-22-20)23-18-7-11-24(12-8-18)14-15-5-6-16-3-1-2-4-17(16)13-15;1-11-8(10)6-2-4-7(9)5-3-6;1-5-3-4-6-2;;/h2-11,14,17-18,24H,12-13,15-16,19H2,1H3,(H,29,30);1-6,9-10,13,18H,7-8,11-12,14H2,(H,21,23)(H,22,25);2-5H,1H3;5-6H,3-4H2,1-2H3;;1H/q;;;;+1;/p-1. The molecule has 6 aromatic carbocycles. The van der Waals surface area contributed by atoms with E-state index in [9.17, 15) is 19.2 Å². The maximum atomic E-state index is 13.1. The Morgan fingerprint density at radius 3 is 1.52 bits per heavy atom. The first-order valence-electron chi connectivity index (χ1n) is 26.0. The third kappa shape index (κ3) is 19.5. The van der Waals surface area contributed by atoms with Crippen LogP contribution in [0, 0.1) is 0 Å². The monoisotopic (exact) mass is 1290 g/mol. The summed E-state index contributed by atoms with van der Waals surface area (Å²) in [4.78, 5) is 63.3. The second kappa shape index (κ2) is 33.3. The molecule has 0 unspecified atom stereocenters. The molecule has 0 spiro atoms. The first-order chi connectivity index (χ1) is 38.5. The average molecular weight is 1300 g/mol. The van der Waals surface area contributed by atoms with Gasteiger partial charge in [-0.25, -0.2) is 19.6 Å². The molecule has 0 aliphatic carbocycles. The van der Waals surface area contributed by atoms with Crippen LogP contribution in [0.3, 0.4) is 0 Å². The van der Waals surface area contributed by atoms with Crippen molar-refractivity contribution in [1.29, 1.82) is 0 Å². The number of likely N-dealkylation sites (N-methyl/N-ethyl adjacent to an activating group) is 2. The van der Waals surface area contributed by atoms with Gasteiger partial charge in [0.2, 0.25) is 0 Å². The molecular formula is C60H69BrCuIN10O6. The number of aromatic amines is 1. The Bertz CT molecular complexity index is 3260. The third-order valence-corrected chi connectivity index (χ3v) is 13.8. The normalized spacial score (nSPS) is 13.7. The number of carbonyl (C=O) groups is 2. The van der Waals surface area contributed by atoms with Gasteiger partial charge in [-0.15, -0.1) is 0 Å². The number of anilines is 2. The fourth-order valence-electron chi connectivity index (χ4n) is 9.05. The molecule has 0 saturated carbocycles. The second-order valence-corrected chi connectivity index (χ2v) is 19.6. The summed E-state index contributed by atoms with van der Waals surface area (Å²) in [7, 11) is 6.59. The summed E-state index contributed by atoms with van der Waals surface area (Å²) in [5.74, 6) is 0.0541. The van der Waals surface area contributed by atoms with Gasteiger partial charge >= 0.3 is 45.0 Å². The number of hydrogen-bond donors (Lipinski definition) is 5. The van der Waals surface area contributed by atoms with Gasteiger partial charge in [-0.3, -0.25) is 24.0 Å². The van der Waals surface area contributed by atoms with Gasteiger partial charge in [0.25, 0.3) is 11.1 Å². The van der Waals surface area contributed by atoms with Crippen LogP contribution in [-0.2, 0) is 35.3 Å². The number of benzene rings is 6. The Labute approximate surface area is 490 Å². The van der Waals surface area contributed by atoms with Crippen molar-refractivity contribution in [3.05, 3.63) is 206 Å². The van der Waals surface area contributed by atoms with Crippen molar-refractivity contribution in [3.63, 3.8) is 0 Å². The van der Waals surface area contributed by atoms with Gasteiger partial charge in [0, 0.05) is 99.4 Å². The zero-order valence-electron chi connectivity index (χ0n) is 44.9. The van der Waals surface area contributed by atoms with Crippen molar-refractivity contribution in [2.75, 3.05) is 78.2 Å². The molecule has 5 N–H and O–H groups in total. The Morgan fingerprint density at radius 1 is 0.620 bits per heavy atom.